The molecule has 4 nitrogen and oxygen atoms in total. The Kier molecular flexibility index (Phi) is 6.39. The molecule has 0 aliphatic heterocycles. The molecule has 7 heteroatoms. The average molecular weight is 317 g/mol. The van der Waals surface area contributed by atoms with Gasteiger partial charge in [0.2, 0.25) is 0 Å². The van der Waals surface area contributed by atoms with Gasteiger partial charge in [-0.2, -0.15) is 13.2 Å². The highest BCUT2D eigenvalue weighted by Crippen LogP contribution is 2.22. The molecule has 0 bridgehead atoms. The first-order valence-electron chi connectivity index (χ1n) is 6.86. The van der Waals surface area contributed by atoms with Gasteiger partial charge >= 0.3 is 12.1 Å². The third kappa shape index (κ3) is 7.10. The molecule has 1 aromatic carbocycles. The molecule has 22 heavy (non-hydrogen) atoms. The van der Waals surface area contributed by atoms with E-state index in [1.807, 2.05) is 0 Å². The summed E-state index contributed by atoms with van der Waals surface area (Å²) in [6.07, 6.45) is -4.95. The van der Waals surface area contributed by atoms with Gasteiger partial charge in [-0.25, -0.2) is 0 Å². The Morgan fingerprint density at radius 1 is 1.23 bits per heavy atom. The van der Waals surface area contributed by atoms with Gasteiger partial charge in [-0.1, -0.05) is 12.1 Å². The summed E-state index contributed by atoms with van der Waals surface area (Å²) in [7, 11) is 0. The summed E-state index contributed by atoms with van der Waals surface area (Å²) in [4.78, 5) is 22.3. The van der Waals surface area contributed by atoms with Crippen LogP contribution in [0.5, 0.6) is 0 Å². The van der Waals surface area contributed by atoms with Gasteiger partial charge in [-0.3, -0.25) is 9.59 Å². The van der Waals surface area contributed by atoms with Gasteiger partial charge < -0.3 is 10.4 Å². The number of rotatable bonds is 7. The maximum Gasteiger partial charge on any atom is 0.389 e. The van der Waals surface area contributed by atoms with Crippen molar-refractivity contribution in [2.75, 3.05) is 0 Å². The molecule has 0 saturated heterocycles. The van der Waals surface area contributed by atoms with Crippen LogP contribution in [0.15, 0.2) is 24.3 Å². The van der Waals surface area contributed by atoms with Gasteiger partial charge in [0.15, 0.2) is 0 Å². The Balaban J connectivity index is 2.51. The SMILES string of the molecule is CC(CCC(=O)O)NC(=O)c1ccc(CCC(F)(F)F)cc1. The number of halogens is 3. The maximum absolute atomic E-state index is 12.1. The topological polar surface area (TPSA) is 66.4 Å². The number of carbonyl (C=O) groups excluding carboxylic acids is 1. The van der Waals surface area contributed by atoms with Crippen LogP contribution in [0.2, 0.25) is 0 Å². The number of carbonyl (C=O) groups is 2. The van der Waals surface area contributed by atoms with Gasteiger partial charge in [0, 0.05) is 24.4 Å². The van der Waals surface area contributed by atoms with Gasteiger partial charge in [-0.15, -0.1) is 0 Å². The lowest BCUT2D eigenvalue weighted by atomic mass is 10.1. The van der Waals surface area contributed by atoms with E-state index in [1.54, 1.807) is 6.92 Å². The van der Waals surface area contributed by atoms with Crippen molar-refractivity contribution in [1.82, 2.24) is 5.32 Å². The van der Waals surface area contributed by atoms with Crippen molar-refractivity contribution in [3.05, 3.63) is 35.4 Å². The van der Waals surface area contributed by atoms with Crippen LogP contribution < -0.4 is 5.32 Å². The second-order valence-corrected chi connectivity index (χ2v) is 5.12. The number of hydrogen-bond donors (Lipinski definition) is 2. The molecule has 1 unspecified atom stereocenters. The number of benzene rings is 1. The minimum Gasteiger partial charge on any atom is -0.481 e. The third-order valence-electron chi connectivity index (χ3n) is 3.08. The highest BCUT2D eigenvalue weighted by Gasteiger charge is 2.26. The van der Waals surface area contributed by atoms with E-state index >= 15 is 0 Å². The van der Waals surface area contributed by atoms with Crippen molar-refractivity contribution in [2.24, 2.45) is 0 Å². The van der Waals surface area contributed by atoms with Crippen molar-refractivity contribution >= 4 is 11.9 Å². The van der Waals surface area contributed by atoms with Crippen molar-refractivity contribution in [3.8, 4) is 0 Å². The van der Waals surface area contributed by atoms with E-state index in [0.717, 1.165) is 0 Å². The molecular weight excluding hydrogens is 299 g/mol. The standard InChI is InChI=1S/C15H18F3NO3/c1-10(2-7-13(20)21)19-14(22)12-5-3-11(4-6-12)8-9-15(16,17)18/h3-6,10H,2,7-9H2,1H3,(H,19,22)(H,20,21). The summed E-state index contributed by atoms with van der Waals surface area (Å²) in [5.74, 6) is -1.31. The lowest BCUT2D eigenvalue weighted by molar-refractivity contribution is -0.137. The number of carboxylic acids is 1. The molecule has 0 spiro atoms. The summed E-state index contributed by atoms with van der Waals surface area (Å²) in [6.45, 7) is 1.69. The summed E-state index contributed by atoms with van der Waals surface area (Å²) in [6, 6.07) is 5.61. The lowest BCUT2D eigenvalue weighted by Crippen LogP contribution is -2.32. The summed E-state index contributed by atoms with van der Waals surface area (Å²) < 4.78 is 36.3. The fraction of sp³-hybridized carbons (Fsp3) is 0.467. The summed E-state index contributed by atoms with van der Waals surface area (Å²) in [5.41, 5.74) is 0.839. The Hall–Kier alpha value is -2.05. The molecule has 1 amide bonds. The van der Waals surface area contributed by atoms with Crippen LogP contribution in [0, 0.1) is 0 Å². The molecule has 0 aliphatic carbocycles. The smallest absolute Gasteiger partial charge is 0.389 e. The predicted octanol–water partition coefficient (Wildman–Crippen LogP) is 3.16. The number of aryl methyl sites for hydroxylation is 1. The highest BCUT2D eigenvalue weighted by atomic mass is 19.4. The monoisotopic (exact) mass is 317 g/mol. The van der Waals surface area contributed by atoms with Crippen molar-refractivity contribution in [3.63, 3.8) is 0 Å². The Morgan fingerprint density at radius 3 is 2.32 bits per heavy atom. The van der Waals surface area contributed by atoms with Gasteiger partial charge in [0.1, 0.15) is 0 Å². The first-order valence-corrected chi connectivity index (χ1v) is 6.86. The molecule has 0 aromatic heterocycles. The molecular formula is C15H18F3NO3. The van der Waals surface area contributed by atoms with Crippen molar-refractivity contribution < 1.29 is 27.9 Å². The van der Waals surface area contributed by atoms with E-state index < -0.39 is 18.6 Å². The molecule has 1 atom stereocenters. The lowest BCUT2D eigenvalue weighted by Gasteiger charge is -2.13. The number of hydrogen-bond acceptors (Lipinski definition) is 2. The number of alkyl halides is 3. The van der Waals surface area contributed by atoms with E-state index in [1.165, 1.54) is 24.3 Å². The minimum atomic E-state index is -4.20. The quantitative estimate of drug-likeness (QED) is 0.812. The van der Waals surface area contributed by atoms with Gasteiger partial charge in [-0.05, 0) is 37.5 Å². The van der Waals surface area contributed by atoms with Crippen LogP contribution >= 0.6 is 0 Å². The number of aliphatic carboxylic acids is 1. The fourth-order valence-electron chi connectivity index (χ4n) is 1.83. The zero-order valence-electron chi connectivity index (χ0n) is 12.1. The van der Waals surface area contributed by atoms with Crippen LogP contribution in [-0.2, 0) is 11.2 Å². The predicted molar refractivity (Wildman–Crippen MR) is 74.6 cm³/mol. The van der Waals surface area contributed by atoms with E-state index in [0.29, 0.717) is 17.5 Å². The zero-order valence-corrected chi connectivity index (χ0v) is 12.1. The first kappa shape index (κ1) is 18.0. The second-order valence-electron chi connectivity index (χ2n) is 5.12. The van der Waals surface area contributed by atoms with Crippen molar-refractivity contribution in [1.29, 1.82) is 0 Å². The van der Waals surface area contributed by atoms with Crippen LogP contribution in [0.3, 0.4) is 0 Å². The number of amides is 1. The Bertz CT molecular complexity index is 512. The largest absolute Gasteiger partial charge is 0.481 e. The van der Waals surface area contributed by atoms with Crippen LogP contribution in [0.25, 0.3) is 0 Å². The number of nitrogens with one attached hydrogen (secondary N) is 1. The van der Waals surface area contributed by atoms with Crippen molar-refractivity contribution in [2.45, 2.75) is 44.8 Å². The highest BCUT2D eigenvalue weighted by molar-refractivity contribution is 5.94. The minimum absolute atomic E-state index is 0.0438. The fourth-order valence-corrected chi connectivity index (χ4v) is 1.83. The van der Waals surface area contributed by atoms with E-state index in [2.05, 4.69) is 5.32 Å². The average Bonchev–Trinajstić information content (AvgIpc) is 2.42. The van der Waals surface area contributed by atoms with E-state index in [9.17, 15) is 22.8 Å². The van der Waals surface area contributed by atoms with E-state index in [-0.39, 0.29) is 24.8 Å². The van der Waals surface area contributed by atoms with Crippen LogP contribution in [0.4, 0.5) is 13.2 Å². The van der Waals surface area contributed by atoms with Gasteiger partial charge in [0.05, 0.1) is 0 Å². The zero-order chi connectivity index (χ0) is 16.8. The first-order chi connectivity index (χ1) is 10.2. The van der Waals surface area contributed by atoms with Crippen LogP contribution in [0.1, 0.15) is 42.1 Å². The summed E-state index contributed by atoms with van der Waals surface area (Å²) >= 11 is 0. The van der Waals surface area contributed by atoms with E-state index in [4.69, 9.17) is 5.11 Å². The Labute approximate surface area is 126 Å². The third-order valence-corrected chi connectivity index (χ3v) is 3.08. The molecule has 0 fully saturated rings. The second kappa shape index (κ2) is 7.82. The molecule has 122 valence electrons. The maximum atomic E-state index is 12.1. The Morgan fingerprint density at radius 2 is 1.82 bits per heavy atom. The summed E-state index contributed by atoms with van der Waals surface area (Å²) in [5, 5.41) is 11.2. The normalized spacial score (nSPS) is 12.7. The molecule has 0 heterocycles. The molecule has 0 radical (unpaired) electrons. The van der Waals surface area contributed by atoms with Gasteiger partial charge in [0.25, 0.3) is 5.91 Å². The van der Waals surface area contributed by atoms with Crippen LogP contribution in [-0.4, -0.2) is 29.2 Å². The molecule has 2 N–H and O–H groups in total. The molecule has 1 aromatic rings. The number of carboxylic acid groups (broad SMARTS) is 1. The molecule has 0 aliphatic rings. The molecule has 1 rings (SSSR count). The molecule has 0 saturated carbocycles.